The van der Waals surface area contributed by atoms with Crippen molar-refractivity contribution in [3.8, 4) is 0 Å². The van der Waals surface area contributed by atoms with Crippen molar-refractivity contribution in [3.63, 3.8) is 0 Å². The van der Waals surface area contributed by atoms with Gasteiger partial charge < -0.3 is 4.90 Å². The Labute approximate surface area is 112 Å². The molecule has 0 saturated carbocycles. The molecule has 0 spiro atoms. The van der Waals surface area contributed by atoms with Crippen molar-refractivity contribution in [2.24, 2.45) is 0 Å². The van der Waals surface area contributed by atoms with Crippen LogP contribution in [0.3, 0.4) is 0 Å². The molecule has 2 atom stereocenters. The molecule has 0 aromatic heterocycles. The van der Waals surface area contributed by atoms with E-state index >= 15 is 0 Å². The van der Waals surface area contributed by atoms with Crippen LogP contribution in [0.1, 0.15) is 24.4 Å². The van der Waals surface area contributed by atoms with Gasteiger partial charge in [-0.3, -0.25) is 10.1 Å². The lowest BCUT2D eigenvalue weighted by atomic mass is 10.0. The van der Waals surface area contributed by atoms with Crippen molar-refractivity contribution in [1.29, 1.82) is 0 Å². The molecule has 2 fully saturated rings. The molecule has 0 aliphatic carbocycles. The molecular formula is C14H18N2OS. The Bertz CT molecular complexity index is 417. The van der Waals surface area contributed by atoms with Crippen LogP contribution in [0, 0.1) is 0 Å². The summed E-state index contributed by atoms with van der Waals surface area (Å²) in [4.78, 5) is 14.5. The second-order valence-electron chi connectivity index (χ2n) is 4.87. The number of likely N-dealkylation sites (tertiary alicyclic amines) is 1. The summed E-state index contributed by atoms with van der Waals surface area (Å²) >= 11 is 1.81. The van der Waals surface area contributed by atoms with Gasteiger partial charge in [0.2, 0.25) is 5.91 Å². The Morgan fingerprint density at radius 3 is 2.89 bits per heavy atom. The van der Waals surface area contributed by atoms with Crippen LogP contribution in [0.4, 0.5) is 0 Å². The quantitative estimate of drug-likeness (QED) is 0.885. The first-order chi connectivity index (χ1) is 8.86. The number of rotatable bonds is 2. The van der Waals surface area contributed by atoms with Crippen molar-refractivity contribution in [3.05, 3.63) is 35.9 Å². The molecule has 0 radical (unpaired) electrons. The minimum atomic E-state index is 0.0271. The van der Waals surface area contributed by atoms with Crippen LogP contribution >= 0.6 is 11.8 Å². The van der Waals surface area contributed by atoms with Gasteiger partial charge in [-0.2, -0.15) is 0 Å². The summed E-state index contributed by atoms with van der Waals surface area (Å²) < 4.78 is 0. The Hall–Kier alpha value is -1.00. The number of hydrogen-bond donors (Lipinski definition) is 1. The summed E-state index contributed by atoms with van der Waals surface area (Å²) in [5.74, 6) is 2.10. The van der Waals surface area contributed by atoms with E-state index in [1.807, 2.05) is 17.8 Å². The highest BCUT2D eigenvalue weighted by Crippen LogP contribution is 2.32. The summed E-state index contributed by atoms with van der Waals surface area (Å²) in [5, 5.41) is 3.28. The molecule has 96 valence electrons. The zero-order chi connectivity index (χ0) is 12.4. The molecule has 3 nitrogen and oxygen atoms in total. The number of benzene rings is 1. The van der Waals surface area contributed by atoms with Crippen molar-refractivity contribution >= 4 is 17.7 Å². The Kier molecular flexibility index (Phi) is 3.57. The molecule has 2 aliphatic rings. The van der Waals surface area contributed by atoms with E-state index < -0.39 is 0 Å². The second kappa shape index (κ2) is 5.33. The molecule has 1 aromatic carbocycles. The van der Waals surface area contributed by atoms with Crippen LogP contribution < -0.4 is 5.32 Å². The zero-order valence-corrected chi connectivity index (χ0v) is 11.2. The SMILES string of the molecule is O=C(C1CSCN1)N1CCCC1c1ccccc1. The first kappa shape index (κ1) is 12.1. The highest BCUT2D eigenvalue weighted by atomic mass is 32.2. The van der Waals surface area contributed by atoms with E-state index in [-0.39, 0.29) is 18.0 Å². The fraction of sp³-hybridized carbons (Fsp3) is 0.500. The maximum atomic E-state index is 12.5. The largest absolute Gasteiger partial charge is 0.334 e. The van der Waals surface area contributed by atoms with E-state index in [2.05, 4.69) is 34.5 Å². The van der Waals surface area contributed by atoms with E-state index in [1.54, 1.807) is 0 Å². The fourth-order valence-electron chi connectivity index (χ4n) is 2.81. The smallest absolute Gasteiger partial charge is 0.241 e. The van der Waals surface area contributed by atoms with E-state index in [1.165, 1.54) is 5.56 Å². The van der Waals surface area contributed by atoms with Crippen LogP contribution in [0.15, 0.2) is 30.3 Å². The van der Waals surface area contributed by atoms with Gasteiger partial charge in [0.15, 0.2) is 0 Å². The maximum Gasteiger partial charge on any atom is 0.241 e. The molecule has 0 bridgehead atoms. The number of amides is 1. The Morgan fingerprint density at radius 1 is 1.33 bits per heavy atom. The predicted molar refractivity (Wildman–Crippen MR) is 74.4 cm³/mol. The third kappa shape index (κ3) is 2.27. The van der Waals surface area contributed by atoms with Crippen LogP contribution in [0.25, 0.3) is 0 Å². The minimum absolute atomic E-state index is 0.0271. The molecule has 2 unspecified atom stereocenters. The molecule has 1 N–H and O–H groups in total. The van der Waals surface area contributed by atoms with Crippen LogP contribution in [-0.4, -0.2) is 35.0 Å². The standard InChI is InChI=1S/C14H18N2OS/c17-14(12-9-18-10-15-12)16-8-4-7-13(16)11-5-2-1-3-6-11/h1-3,5-6,12-13,15H,4,7-10H2. The van der Waals surface area contributed by atoms with Crippen molar-refractivity contribution in [1.82, 2.24) is 10.2 Å². The molecule has 2 heterocycles. The molecule has 1 amide bonds. The average Bonchev–Trinajstić information content (AvgIpc) is 3.10. The van der Waals surface area contributed by atoms with Gasteiger partial charge in [0, 0.05) is 18.2 Å². The first-order valence-electron chi connectivity index (χ1n) is 6.53. The lowest BCUT2D eigenvalue weighted by Crippen LogP contribution is -2.44. The van der Waals surface area contributed by atoms with E-state index in [0.29, 0.717) is 0 Å². The van der Waals surface area contributed by atoms with E-state index in [0.717, 1.165) is 31.0 Å². The Morgan fingerprint density at radius 2 is 2.17 bits per heavy atom. The van der Waals surface area contributed by atoms with Crippen LogP contribution in [0.2, 0.25) is 0 Å². The average molecular weight is 262 g/mol. The van der Waals surface area contributed by atoms with Gasteiger partial charge >= 0.3 is 0 Å². The van der Waals surface area contributed by atoms with Crippen molar-refractivity contribution < 1.29 is 4.79 Å². The van der Waals surface area contributed by atoms with Gasteiger partial charge in [-0.1, -0.05) is 30.3 Å². The lowest BCUT2D eigenvalue weighted by molar-refractivity contribution is -0.133. The summed E-state index contributed by atoms with van der Waals surface area (Å²) in [6.45, 7) is 0.904. The molecule has 3 rings (SSSR count). The van der Waals surface area contributed by atoms with Gasteiger partial charge in [-0.05, 0) is 18.4 Å². The number of carbonyl (C=O) groups is 1. The van der Waals surface area contributed by atoms with E-state index in [4.69, 9.17) is 0 Å². The summed E-state index contributed by atoms with van der Waals surface area (Å²) in [6.07, 6.45) is 2.21. The maximum absolute atomic E-state index is 12.5. The highest BCUT2D eigenvalue weighted by Gasteiger charge is 2.34. The normalized spacial score (nSPS) is 27.7. The number of thioether (sulfide) groups is 1. The first-order valence-corrected chi connectivity index (χ1v) is 7.68. The van der Waals surface area contributed by atoms with Crippen LogP contribution in [-0.2, 0) is 4.79 Å². The van der Waals surface area contributed by atoms with Gasteiger partial charge in [-0.15, -0.1) is 11.8 Å². The number of nitrogens with zero attached hydrogens (tertiary/aromatic N) is 1. The molecule has 2 saturated heterocycles. The van der Waals surface area contributed by atoms with Crippen molar-refractivity contribution in [2.75, 3.05) is 18.2 Å². The number of hydrogen-bond acceptors (Lipinski definition) is 3. The van der Waals surface area contributed by atoms with E-state index in [9.17, 15) is 4.79 Å². The topological polar surface area (TPSA) is 32.3 Å². The molecule has 18 heavy (non-hydrogen) atoms. The summed E-state index contributed by atoms with van der Waals surface area (Å²) in [6, 6.07) is 10.7. The minimum Gasteiger partial charge on any atom is -0.334 e. The Balaban J connectivity index is 1.77. The fourth-order valence-corrected chi connectivity index (χ4v) is 3.74. The summed E-state index contributed by atoms with van der Waals surface area (Å²) in [7, 11) is 0. The van der Waals surface area contributed by atoms with Gasteiger partial charge in [0.05, 0.1) is 12.1 Å². The van der Waals surface area contributed by atoms with Crippen LogP contribution in [0.5, 0.6) is 0 Å². The van der Waals surface area contributed by atoms with Gasteiger partial charge in [0.1, 0.15) is 0 Å². The monoisotopic (exact) mass is 262 g/mol. The predicted octanol–water partition coefficient (Wildman–Crippen LogP) is 2.01. The summed E-state index contributed by atoms with van der Waals surface area (Å²) in [5.41, 5.74) is 1.27. The number of carbonyl (C=O) groups excluding carboxylic acids is 1. The third-order valence-electron chi connectivity index (χ3n) is 3.73. The number of nitrogens with one attached hydrogen (secondary N) is 1. The molecule has 4 heteroatoms. The van der Waals surface area contributed by atoms with Gasteiger partial charge in [0.25, 0.3) is 0 Å². The lowest BCUT2D eigenvalue weighted by Gasteiger charge is -2.27. The van der Waals surface area contributed by atoms with Gasteiger partial charge in [-0.25, -0.2) is 0 Å². The van der Waals surface area contributed by atoms with Crippen molar-refractivity contribution in [2.45, 2.75) is 24.9 Å². The highest BCUT2D eigenvalue weighted by molar-refractivity contribution is 7.99. The second-order valence-corrected chi connectivity index (χ2v) is 5.90. The molecule has 1 aromatic rings. The molecular weight excluding hydrogens is 244 g/mol. The zero-order valence-electron chi connectivity index (χ0n) is 10.3. The third-order valence-corrected chi connectivity index (χ3v) is 4.67. The molecule has 2 aliphatic heterocycles.